The smallest absolute Gasteiger partial charge is 0.326 e. The molecule has 25 N–H and O–H groups in total. The van der Waals surface area contributed by atoms with E-state index in [1.54, 1.807) is 11.8 Å². The maximum absolute atomic E-state index is 10.5. The summed E-state index contributed by atoms with van der Waals surface area (Å²) in [5.74, 6) is -6.52. The molecule has 0 aromatic rings. The monoisotopic (exact) mass is 832 g/mol. The van der Waals surface area contributed by atoms with E-state index >= 15 is 0 Å². The van der Waals surface area contributed by atoms with Crippen LogP contribution in [0.3, 0.4) is 0 Å². The number of carbonyl (C=O) groups is 8. The molecular formula is C29H60N12O14S. The number of carbonyl (C=O) groups excluding carboxylic acids is 2. The lowest BCUT2D eigenvalue weighted by Crippen LogP contribution is -2.39. The first-order valence-corrected chi connectivity index (χ1v) is 17.7. The van der Waals surface area contributed by atoms with Crippen LogP contribution in [0, 0.1) is 0 Å². The van der Waals surface area contributed by atoms with E-state index in [4.69, 9.17) is 82.2 Å². The molecule has 0 aromatic heterocycles. The van der Waals surface area contributed by atoms with Crippen molar-refractivity contribution in [3.05, 3.63) is 0 Å². The predicted molar refractivity (Wildman–Crippen MR) is 206 cm³/mol. The lowest BCUT2D eigenvalue weighted by molar-refractivity contribution is -0.143. The number of carboxylic acids is 6. The van der Waals surface area contributed by atoms with Crippen molar-refractivity contribution in [1.29, 1.82) is 0 Å². The van der Waals surface area contributed by atoms with E-state index < -0.39 is 77.8 Å². The molecular weight excluding hydrogens is 772 g/mol. The molecule has 0 aliphatic carbocycles. The largest absolute Gasteiger partial charge is 0.481 e. The SMILES string of the molecule is CC(=O)NC(CCC(=O)O)C(=O)O.CSCCC(N)C(=O)O.NC(=O)CCC(N)C(=O)O.NC(N)=NCCCC(N)C(=O)O.NC(N)=NCCCC(N)C(=O)O. The van der Waals surface area contributed by atoms with Crippen molar-refractivity contribution >= 4 is 71.3 Å². The molecule has 5 atom stereocenters. The number of hydrogen-bond donors (Lipinski definition) is 16. The summed E-state index contributed by atoms with van der Waals surface area (Å²) in [6, 6.07) is -4.42. The van der Waals surface area contributed by atoms with Gasteiger partial charge in [0.1, 0.15) is 30.2 Å². The van der Waals surface area contributed by atoms with E-state index in [0.717, 1.165) is 5.75 Å². The first kappa shape index (κ1) is 59.8. The molecule has 326 valence electrons. The molecule has 0 bridgehead atoms. The van der Waals surface area contributed by atoms with Gasteiger partial charge < -0.3 is 87.6 Å². The van der Waals surface area contributed by atoms with Crippen LogP contribution in [-0.4, -0.2) is 145 Å². The third-order valence-corrected chi connectivity index (χ3v) is 6.51. The Hall–Kier alpha value is -5.51. The van der Waals surface area contributed by atoms with Crippen molar-refractivity contribution in [3.8, 4) is 0 Å². The number of aliphatic imine (C=N–C) groups is 2. The molecule has 0 rings (SSSR count). The molecule has 0 saturated carbocycles. The topological polar surface area (TPSA) is 529 Å². The number of amides is 2. The first-order valence-electron chi connectivity index (χ1n) is 16.3. The van der Waals surface area contributed by atoms with Gasteiger partial charge in [0.15, 0.2) is 11.9 Å². The van der Waals surface area contributed by atoms with Crippen molar-refractivity contribution in [2.75, 3.05) is 25.1 Å². The summed E-state index contributed by atoms with van der Waals surface area (Å²) >= 11 is 1.60. The number of carboxylic acid groups (broad SMARTS) is 6. The molecule has 26 nitrogen and oxygen atoms in total. The van der Waals surface area contributed by atoms with Crippen LogP contribution in [0.15, 0.2) is 9.98 Å². The van der Waals surface area contributed by atoms with E-state index in [2.05, 4.69) is 15.3 Å². The Labute approximate surface area is 327 Å². The fourth-order valence-corrected chi connectivity index (χ4v) is 3.34. The van der Waals surface area contributed by atoms with Crippen LogP contribution >= 0.6 is 11.8 Å². The molecule has 56 heavy (non-hydrogen) atoms. The molecule has 0 spiro atoms. The summed E-state index contributed by atoms with van der Waals surface area (Å²) < 4.78 is 0. The summed E-state index contributed by atoms with van der Waals surface area (Å²) in [5.41, 5.74) is 45.6. The number of guanidine groups is 2. The number of thioether (sulfide) groups is 1. The van der Waals surface area contributed by atoms with Crippen molar-refractivity contribution in [1.82, 2.24) is 5.32 Å². The highest BCUT2D eigenvalue weighted by Gasteiger charge is 2.19. The van der Waals surface area contributed by atoms with E-state index in [1.807, 2.05) is 6.26 Å². The van der Waals surface area contributed by atoms with Gasteiger partial charge >= 0.3 is 35.8 Å². The highest BCUT2D eigenvalue weighted by molar-refractivity contribution is 7.98. The molecule has 0 aromatic carbocycles. The number of nitrogens with two attached hydrogens (primary N) is 9. The molecule has 0 heterocycles. The molecule has 2 amide bonds. The van der Waals surface area contributed by atoms with E-state index in [-0.39, 0.29) is 37.6 Å². The Bertz CT molecular complexity index is 1210. The van der Waals surface area contributed by atoms with Gasteiger partial charge in [0.05, 0.1) is 0 Å². The second kappa shape index (κ2) is 37.8. The second-order valence-electron chi connectivity index (χ2n) is 11.0. The lowest BCUT2D eigenvalue weighted by atomic mass is 10.1. The maximum atomic E-state index is 10.5. The maximum Gasteiger partial charge on any atom is 0.326 e. The number of nitrogens with one attached hydrogen (secondary N) is 1. The van der Waals surface area contributed by atoms with Gasteiger partial charge in [-0.05, 0) is 57.0 Å². The highest BCUT2D eigenvalue weighted by atomic mass is 32.2. The molecule has 0 aliphatic rings. The quantitative estimate of drug-likeness (QED) is 0.0261. The average molecular weight is 833 g/mol. The fraction of sp³-hybridized carbons (Fsp3) is 0.655. The van der Waals surface area contributed by atoms with Crippen LogP contribution in [0.2, 0.25) is 0 Å². The first-order chi connectivity index (χ1) is 25.7. The number of nitrogens with zero attached hydrogens (tertiary/aromatic N) is 2. The van der Waals surface area contributed by atoms with E-state index in [9.17, 15) is 38.4 Å². The Kier molecular flexibility index (Phi) is 40.3. The Morgan fingerprint density at radius 3 is 1.18 bits per heavy atom. The van der Waals surface area contributed by atoms with Gasteiger partial charge in [-0.2, -0.15) is 11.8 Å². The van der Waals surface area contributed by atoms with Crippen molar-refractivity contribution in [2.24, 2.45) is 61.6 Å². The molecule has 0 aliphatic heterocycles. The van der Waals surface area contributed by atoms with E-state index in [0.29, 0.717) is 45.2 Å². The number of primary amides is 1. The second-order valence-corrected chi connectivity index (χ2v) is 12.0. The summed E-state index contributed by atoms with van der Waals surface area (Å²) in [6.45, 7) is 2.02. The van der Waals surface area contributed by atoms with Gasteiger partial charge in [-0.15, -0.1) is 0 Å². The van der Waals surface area contributed by atoms with Crippen molar-refractivity contribution in [3.63, 3.8) is 0 Å². The van der Waals surface area contributed by atoms with Crippen molar-refractivity contribution in [2.45, 2.75) is 94.9 Å². The molecule has 0 saturated heterocycles. The minimum Gasteiger partial charge on any atom is -0.481 e. The lowest BCUT2D eigenvalue weighted by Gasteiger charge is -2.10. The summed E-state index contributed by atoms with van der Waals surface area (Å²) in [7, 11) is 0. The average Bonchev–Trinajstić information content (AvgIpc) is 3.08. The fourth-order valence-electron chi connectivity index (χ4n) is 2.85. The third-order valence-electron chi connectivity index (χ3n) is 5.86. The van der Waals surface area contributed by atoms with Gasteiger partial charge in [-0.3, -0.25) is 43.5 Å². The standard InChI is InChI=1S/C7H11NO5.2C6H14N4O2.C5H10N2O3.C5H11NO2S/c1-4(9)8-5(7(12)13)2-3-6(10)11;2*7-4(5(11)12)2-1-3-10-6(8)9;6-3(5(9)10)1-2-4(7)8;1-9-3-2-4(6)5(7)8/h5H,2-3H2,1H3,(H,8,9)(H,10,11)(H,12,13);2*4H,1-3,7H2,(H,11,12)(H4,8,9,10);3H,1-2,6H2,(H2,7,8)(H,9,10);4H,2-3,6H2,1H3,(H,7,8). The van der Waals surface area contributed by atoms with E-state index in [1.165, 1.54) is 6.92 Å². The number of hydrogen-bond acceptors (Lipinski definition) is 15. The Morgan fingerprint density at radius 1 is 0.554 bits per heavy atom. The Morgan fingerprint density at radius 2 is 0.911 bits per heavy atom. The normalized spacial score (nSPS) is 12.2. The van der Waals surface area contributed by atoms with Gasteiger partial charge in [0.2, 0.25) is 11.8 Å². The van der Waals surface area contributed by atoms with Crippen LogP contribution in [-0.2, 0) is 38.4 Å². The Balaban J connectivity index is -0.000000195. The summed E-state index contributed by atoms with van der Waals surface area (Å²) in [5, 5.41) is 52.2. The number of aliphatic carboxylic acids is 6. The van der Waals surface area contributed by atoms with Crippen LogP contribution in [0.4, 0.5) is 0 Å². The number of rotatable bonds is 23. The van der Waals surface area contributed by atoms with Crippen LogP contribution in [0.5, 0.6) is 0 Å². The van der Waals surface area contributed by atoms with Crippen LogP contribution < -0.4 is 56.9 Å². The zero-order valence-electron chi connectivity index (χ0n) is 31.3. The third kappa shape index (κ3) is 50.6. The molecule has 0 radical (unpaired) electrons. The van der Waals surface area contributed by atoms with Crippen LogP contribution in [0.25, 0.3) is 0 Å². The zero-order chi connectivity index (χ0) is 45.0. The van der Waals surface area contributed by atoms with Crippen LogP contribution in [0.1, 0.15) is 64.7 Å². The zero-order valence-corrected chi connectivity index (χ0v) is 32.1. The molecule has 0 fully saturated rings. The van der Waals surface area contributed by atoms with Gasteiger partial charge in [0, 0.05) is 32.9 Å². The highest BCUT2D eigenvalue weighted by Crippen LogP contribution is 1.99. The summed E-state index contributed by atoms with van der Waals surface area (Å²) in [4.78, 5) is 89.0. The minimum atomic E-state index is -1.23. The van der Waals surface area contributed by atoms with Gasteiger partial charge in [0.25, 0.3) is 0 Å². The minimum absolute atomic E-state index is 0.0129. The molecule has 5 unspecified atom stereocenters. The van der Waals surface area contributed by atoms with Crippen molar-refractivity contribution < 1.29 is 69.0 Å². The predicted octanol–water partition coefficient (Wildman–Crippen LogP) is -4.84. The van der Waals surface area contributed by atoms with Gasteiger partial charge in [-0.25, -0.2) is 4.79 Å². The van der Waals surface area contributed by atoms with Gasteiger partial charge in [-0.1, -0.05) is 0 Å². The summed E-state index contributed by atoms with van der Waals surface area (Å²) in [6.07, 6.45) is 4.12. The molecule has 27 heteroatoms.